The lowest BCUT2D eigenvalue weighted by Gasteiger charge is -2.17. The van der Waals surface area contributed by atoms with Crippen molar-refractivity contribution < 1.29 is 18.6 Å². The number of rotatable bonds is 11. The SMILES string of the molecule is CCCCCC[N+](=CCCCOc1ccc2c(c1)CCC(=O)N2)OS. The molecule has 0 atom stereocenters. The highest BCUT2D eigenvalue weighted by atomic mass is 32.1. The van der Waals surface area contributed by atoms with Gasteiger partial charge in [-0.1, -0.05) is 19.8 Å². The summed E-state index contributed by atoms with van der Waals surface area (Å²) in [4.78, 5) is 11.4. The molecule has 1 aliphatic heterocycles. The molecule has 0 saturated heterocycles. The first kappa shape index (κ1) is 19.6. The number of hydrogen-bond donors (Lipinski definition) is 2. The van der Waals surface area contributed by atoms with Crippen LogP contribution in [0.5, 0.6) is 5.75 Å². The zero-order valence-electron chi connectivity index (χ0n) is 15.0. The summed E-state index contributed by atoms with van der Waals surface area (Å²) in [6, 6.07) is 5.85. The zero-order valence-corrected chi connectivity index (χ0v) is 15.9. The Morgan fingerprint density at radius 3 is 2.92 bits per heavy atom. The fourth-order valence-corrected chi connectivity index (χ4v) is 2.97. The van der Waals surface area contributed by atoms with Gasteiger partial charge in [-0.3, -0.25) is 4.79 Å². The van der Waals surface area contributed by atoms with Crippen LogP contribution in [0.3, 0.4) is 0 Å². The molecule has 5 nitrogen and oxygen atoms in total. The molecule has 0 aliphatic carbocycles. The van der Waals surface area contributed by atoms with Crippen LogP contribution in [0.4, 0.5) is 5.69 Å². The maximum absolute atomic E-state index is 11.4. The highest BCUT2D eigenvalue weighted by Crippen LogP contribution is 2.26. The summed E-state index contributed by atoms with van der Waals surface area (Å²) in [5.74, 6) is 0.944. The third-order valence-electron chi connectivity index (χ3n) is 4.26. The number of benzene rings is 1. The van der Waals surface area contributed by atoms with Crippen LogP contribution in [0.2, 0.25) is 0 Å². The van der Waals surface area contributed by atoms with Crippen LogP contribution in [-0.4, -0.2) is 30.0 Å². The van der Waals surface area contributed by atoms with Crippen molar-refractivity contribution in [2.24, 2.45) is 0 Å². The van der Waals surface area contributed by atoms with Gasteiger partial charge in [0.15, 0.2) is 12.8 Å². The van der Waals surface area contributed by atoms with Gasteiger partial charge in [0.05, 0.1) is 6.61 Å². The Hall–Kier alpha value is -1.69. The molecule has 1 aliphatic rings. The Kier molecular flexibility index (Phi) is 8.66. The molecule has 0 aromatic heterocycles. The van der Waals surface area contributed by atoms with E-state index in [0.717, 1.165) is 49.2 Å². The topological polar surface area (TPSA) is 50.6 Å². The number of carbonyl (C=O) groups excluding carboxylic acids is 1. The molecule has 0 saturated carbocycles. The van der Waals surface area contributed by atoms with Gasteiger partial charge in [0.2, 0.25) is 5.91 Å². The molecule has 6 heteroatoms. The first-order chi connectivity index (χ1) is 12.2. The van der Waals surface area contributed by atoms with E-state index >= 15 is 0 Å². The normalized spacial score (nSPS) is 14.0. The molecule has 0 radical (unpaired) electrons. The molecule has 1 amide bonds. The van der Waals surface area contributed by atoms with E-state index in [9.17, 15) is 4.79 Å². The molecule has 1 heterocycles. The lowest BCUT2D eigenvalue weighted by atomic mass is 10.0. The number of carbonyl (C=O) groups is 1. The van der Waals surface area contributed by atoms with Crippen LogP contribution < -0.4 is 10.1 Å². The Morgan fingerprint density at radius 2 is 2.12 bits per heavy atom. The summed E-state index contributed by atoms with van der Waals surface area (Å²) in [7, 11) is 0. The molecule has 0 fully saturated rings. The van der Waals surface area contributed by atoms with E-state index in [1.165, 1.54) is 19.3 Å². The molecule has 0 bridgehead atoms. The van der Waals surface area contributed by atoms with Crippen molar-refractivity contribution >= 4 is 30.7 Å². The fraction of sp³-hybridized carbons (Fsp3) is 0.579. The van der Waals surface area contributed by atoms with Gasteiger partial charge in [-0.25, -0.2) is 4.28 Å². The van der Waals surface area contributed by atoms with Gasteiger partial charge in [0, 0.05) is 24.9 Å². The van der Waals surface area contributed by atoms with Gasteiger partial charge in [-0.15, -0.1) is 0 Å². The largest absolute Gasteiger partial charge is 0.494 e. The lowest BCUT2D eigenvalue weighted by Crippen LogP contribution is -2.18. The number of nitrogens with zero attached hydrogens (tertiary/aromatic N) is 1. The second kappa shape index (κ2) is 11.0. The summed E-state index contributed by atoms with van der Waals surface area (Å²) >= 11 is 3.91. The first-order valence-electron chi connectivity index (χ1n) is 9.20. The van der Waals surface area contributed by atoms with Crippen molar-refractivity contribution in [1.82, 2.24) is 0 Å². The number of aryl methyl sites for hydroxylation is 1. The zero-order chi connectivity index (χ0) is 17.9. The minimum absolute atomic E-state index is 0.0855. The van der Waals surface area contributed by atoms with Crippen molar-refractivity contribution in [2.75, 3.05) is 18.5 Å². The number of anilines is 1. The summed E-state index contributed by atoms with van der Waals surface area (Å²) in [6.45, 7) is 3.73. The minimum Gasteiger partial charge on any atom is -0.494 e. The van der Waals surface area contributed by atoms with Gasteiger partial charge in [-0.05, 0) is 47.8 Å². The average Bonchev–Trinajstić information content (AvgIpc) is 2.63. The Labute approximate surface area is 156 Å². The minimum atomic E-state index is 0.0855. The molecular weight excluding hydrogens is 336 g/mol. The molecule has 0 unspecified atom stereocenters. The summed E-state index contributed by atoms with van der Waals surface area (Å²) in [5, 5.41) is 2.88. The van der Waals surface area contributed by atoms with E-state index in [1.54, 1.807) is 4.74 Å². The molecule has 25 heavy (non-hydrogen) atoms. The van der Waals surface area contributed by atoms with E-state index in [0.29, 0.717) is 13.0 Å². The summed E-state index contributed by atoms with van der Waals surface area (Å²) in [5.41, 5.74) is 2.05. The Morgan fingerprint density at radius 1 is 1.24 bits per heavy atom. The van der Waals surface area contributed by atoms with E-state index in [4.69, 9.17) is 9.02 Å². The monoisotopic (exact) mass is 365 g/mol. The first-order valence-corrected chi connectivity index (χ1v) is 9.56. The molecule has 1 aromatic rings. The number of thiol groups is 1. The highest BCUT2D eigenvalue weighted by molar-refractivity contribution is 7.74. The smallest absolute Gasteiger partial charge is 0.224 e. The Balaban J connectivity index is 1.68. The second-order valence-corrected chi connectivity index (χ2v) is 6.49. The van der Waals surface area contributed by atoms with Gasteiger partial charge < -0.3 is 10.1 Å². The van der Waals surface area contributed by atoms with Gasteiger partial charge in [-0.2, -0.15) is 0 Å². The number of ether oxygens (including phenoxy) is 1. The number of fused-ring (bicyclic) bond motifs is 1. The van der Waals surface area contributed by atoms with Gasteiger partial charge in [0.25, 0.3) is 0 Å². The molecule has 2 rings (SSSR count). The molecular formula is C19H29N2O3S+. The van der Waals surface area contributed by atoms with Crippen LogP contribution in [-0.2, 0) is 15.5 Å². The molecule has 138 valence electrons. The number of amides is 1. The number of hydroxylamine groups is 1. The van der Waals surface area contributed by atoms with Gasteiger partial charge >= 0.3 is 0 Å². The lowest BCUT2D eigenvalue weighted by molar-refractivity contribution is -0.737. The standard InChI is InChI=1S/C19H28N2O3S/c1-2-3-4-5-12-21(24-25)13-6-7-14-23-17-9-10-18-16(15-17)8-11-19(22)20-18/h9-10,13,15H,2-8,11-12,14H2,1H3,(H-,20,22,25)/p+1. The Bertz CT molecular complexity index is 590. The third kappa shape index (κ3) is 6.98. The van der Waals surface area contributed by atoms with Crippen molar-refractivity contribution in [3.63, 3.8) is 0 Å². The van der Waals surface area contributed by atoms with Gasteiger partial charge in [0.1, 0.15) is 18.7 Å². The molecule has 0 spiro atoms. The van der Waals surface area contributed by atoms with Crippen molar-refractivity contribution in [3.05, 3.63) is 23.8 Å². The second-order valence-electron chi connectivity index (χ2n) is 6.32. The van der Waals surface area contributed by atoms with E-state index < -0.39 is 0 Å². The number of nitrogens with one attached hydrogen (secondary N) is 1. The summed E-state index contributed by atoms with van der Waals surface area (Å²) in [6.07, 6.45) is 9.99. The van der Waals surface area contributed by atoms with E-state index in [-0.39, 0.29) is 5.91 Å². The maximum atomic E-state index is 11.4. The van der Waals surface area contributed by atoms with Crippen LogP contribution in [0.25, 0.3) is 0 Å². The fourth-order valence-electron chi connectivity index (χ4n) is 2.82. The molecule has 1 N–H and O–H groups in total. The third-order valence-corrected chi connectivity index (χ3v) is 4.47. The predicted octanol–water partition coefficient (Wildman–Crippen LogP) is 4.17. The number of hydrogen-bond acceptors (Lipinski definition) is 4. The predicted molar refractivity (Wildman–Crippen MR) is 104 cm³/mol. The highest BCUT2D eigenvalue weighted by Gasteiger charge is 2.14. The van der Waals surface area contributed by atoms with Crippen LogP contribution in [0.1, 0.15) is 57.4 Å². The van der Waals surface area contributed by atoms with Crippen LogP contribution in [0.15, 0.2) is 18.2 Å². The summed E-state index contributed by atoms with van der Waals surface area (Å²) < 4.78 is 12.7. The number of unbranched alkanes of at least 4 members (excludes halogenated alkanes) is 4. The van der Waals surface area contributed by atoms with Crippen molar-refractivity contribution in [1.29, 1.82) is 0 Å². The average molecular weight is 366 g/mol. The molecule has 1 aromatic carbocycles. The van der Waals surface area contributed by atoms with E-state index in [2.05, 4.69) is 25.2 Å². The maximum Gasteiger partial charge on any atom is 0.224 e. The van der Waals surface area contributed by atoms with Crippen molar-refractivity contribution in [3.8, 4) is 5.75 Å². The quantitative estimate of drug-likeness (QED) is 0.155. The van der Waals surface area contributed by atoms with E-state index in [1.807, 2.05) is 24.4 Å². The van der Waals surface area contributed by atoms with Crippen LogP contribution >= 0.6 is 12.9 Å². The van der Waals surface area contributed by atoms with Crippen molar-refractivity contribution in [2.45, 2.75) is 58.3 Å². The van der Waals surface area contributed by atoms with Crippen LogP contribution in [0, 0.1) is 0 Å².